The van der Waals surface area contributed by atoms with Gasteiger partial charge in [0.1, 0.15) is 6.04 Å². The summed E-state index contributed by atoms with van der Waals surface area (Å²) in [6, 6.07) is 7.20. The number of carbonyl (C=O) groups excluding carboxylic acids is 1. The molecule has 1 atom stereocenters. The lowest BCUT2D eigenvalue weighted by molar-refractivity contribution is -0.150. The Balaban J connectivity index is 2.23. The summed E-state index contributed by atoms with van der Waals surface area (Å²) in [4.78, 5) is 14.6. The summed E-state index contributed by atoms with van der Waals surface area (Å²) in [5, 5.41) is 0.636. The number of benzene rings is 1. The fourth-order valence-corrected chi connectivity index (χ4v) is 2.87. The number of esters is 1. The Morgan fingerprint density at radius 2 is 2.00 bits per heavy atom. The molecule has 1 saturated heterocycles. The van der Waals surface area contributed by atoms with Crippen LogP contribution in [0.25, 0.3) is 0 Å². The second-order valence-corrected chi connectivity index (χ2v) is 5.60. The molecule has 0 amide bonds. The molecule has 1 aliphatic heterocycles. The molecule has 1 aromatic carbocycles. The van der Waals surface area contributed by atoms with E-state index < -0.39 is 0 Å². The first kappa shape index (κ1) is 15.3. The fraction of sp³-hybridized carbons (Fsp3) is 0.562. The maximum Gasteiger partial charge on any atom is 0.328 e. The van der Waals surface area contributed by atoms with E-state index in [2.05, 4.69) is 4.90 Å². The van der Waals surface area contributed by atoms with Crippen LogP contribution in [0.5, 0.6) is 0 Å². The van der Waals surface area contributed by atoms with Crippen LogP contribution in [0.15, 0.2) is 24.3 Å². The van der Waals surface area contributed by atoms with E-state index in [1.165, 1.54) is 6.42 Å². The third kappa shape index (κ3) is 3.74. The molecule has 1 fully saturated rings. The number of piperidine rings is 1. The second-order valence-electron chi connectivity index (χ2n) is 5.19. The van der Waals surface area contributed by atoms with E-state index in [9.17, 15) is 4.79 Å². The number of nitrogens with zero attached hydrogens (tertiary/aromatic N) is 1. The van der Waals surface area contributed by atoms with Crippen molar-refractivity contribution in [1.82, 2.24) is 4.90 Å². The summed E-state index contributed by atoms with van der Waals surface area (Å²) in [5.74, 6) is -0.179. The lowest BCUT2D eigenvalue weighted by Crippen LogP contribution is -2.39. The van der Waals surface area contributed by atoms with Gasteiger partial charge in [-0.3, -0.25) is 4.90 Å². The van der Waals surface area contributed by atoms with Gasteiger partial charge in [-0.05, 0) is 44.0 Å². The number of carbonyl (C=O) groups is 1. The fourth-order valence-electron chi connectivity index (χ4n) is 2.63. The van der Waals surface area contributed by atoms with Crippen LogP contribution >= 0.6 is 11.6 Å². The standard InChI is InChI=1S/C16H22ClNO2/c1-2-12-20-16(19)15(18-10-6-3-7-11-18)13-8-4-5-9-14(13)17/h4-5,8-9,15H,2-3,6-7,10-12H2,1H3/t15-/m0/s1. The zero-order chi connectivity index (χ0) is 14.4. The van der Waals surface area contributed by atoms with E-state index in [1.807, 2.05) is 31.2 Å². The van der Waals surface area contributed by atoms with Crippen molar-refractivity contribution < 1.29 is 9.53 Å². The molecule has 0 radical (unpaired) electrons. The van der Waals surface area contributed by atoms with Gasteiger partial charge in [-0.1, -0.05) is 43.1 Å². The van der Waals surface area contributed by atoms with Crippen molar-refractivity contribution in [3.63, 3.8) is 0 Å². The molecule has 2 rings (SSSR count). The summed E-state index contributed by atoms with van der Waals surface area (Å²) < 4.78 is 5.38. The minimum Gasteiger partial charge on any atom is -0.464 e. The van der Waals surface area contributed by atoms with E-state index in [0.717, 1.165) is 37.9 Å². The van der Waals surface area contributed by atoms with E-state index in [0.29, 0.717) is 11.6 Å². The van der Waals surface area contributed by atoms with Gasteiger partial charge in [0.25, 0.3) is 0 Å². The van der Waals surface area contributed by atoms with Crippen molar-refractivity contribution in [2.45, 2.75) is 38.6 Å². The lowest BCUT2D eigenvalue weighted by atomic mass is 10.0. The molecule has 3 nitrogen and oxygen atoms in total. The summed E-state index contributed by atoms with van der Waals surface area (Å²) in [6.07, 6.45) is 4.32. The second kappa shape index (κ2) is 7.65. The van der Waals surface area contributed by atoms with Crippen molar-refractivity contribution in [3.05, 3.63) is 34.9 Å². The highest BCUT2D eigenvalue weighted by molar-refractivity contribution is 6.31. The van der Waals surface area contributed by atoms with Crippen molar-refractivity contribution in [1.29, 1.82) is 0 Å². The molecule has 20 heavy (non-hydrogen) atoms. The zero-order valence-corrected chi connectivity index (χ0v) is 12.7. The third-order valence-corrected chi connectivity index (χ3v) is 3.97. The number of hydrogen-bond acceptors (Lipinski definition) is 3. The van der Waals surface area contributed by atoms with Gasteiger partial charge in [-0.2, -0.15) is 0 Å². The van der Waals surface area contributed by atoms with Gasteiger partial charge in [-0.25, -0.2) is 4.79 Å². The lowest BCUT2D eigenvalue weighted by Gasteiger charge is -2.33. The molecule has 0 saturated carbocycles. The molecule has 1 aromatic rings. The summed E-state index contributed by atoms with van der Waals surface area (Å²) >= 11 is 6.28. The molecule has 4 heteroatoms. The van der Waals surface area contributed by atoms with Crippen molar-refractivity contribution >= 4 is 17.6 Å². The van der Waals surface area contributed by atoms with Gasteiger partial charge in [-0.15, -0.1) is 0 Å². The predicted molar refractivity (Wildman–Crippen MR) is 80.9 cm³/mol. The number of halogens is 1. The Hall–Kier alpha value is -1.06. The SMILES string of the molecule is CCCOC(=O)[C@H](c1ccccc1Cl)N1CCCCC1. The molecule has 0 aromatic heterocycles. The van der Waals surface area contributed by atoms with Crippen LogP contribution in [0.3, 0.4) is 0 Å². The molecular formula is C16H22ClNO2. The first-order valence-electron chi connectivity index (χ1n) is 7.39. The van der Waals surface area contributed by atoms with Crippen LogP contribution in [0.2, 0.25) is 5.02 Å². The largest absolute Gasteiger partial charge is 0.464 e. The van der Waals surface area contributed by atoms with Crippen LogP contribution < -0.4 is 0 Å². The van der Waals surface area contributed by atoms with Gasteiger partial charge in [0, 0.05) is 5.02 Å². The molecular weight excluding hydrogens is 274 g/mol. The number of rotatable bonds is 5. The van der Waals surface area contributed by atoms with Crippen LogP contribution in [-0.2, 0) is 9.53 Å². The Morgan fingerprint density at radius 1 is 1.30 bits per heavy atom. The topological polar surface area (TPSA) is 29.5 Å². The number of hydrogen-bond donors (Lipinski definition) is 0. The minimum atomic E-state index is -0.365. The monoisotopic (exact) mass is 295 g/mol. The third-order valence-electron chi connectivity index (χ3n) is 3.63. The Morgan fingerprint density at radius 3 is 2.65 bits per heavy atom. The average molecular weight is 296 g/mol. The maximum absolute atomic E-state index is 12.4. The Labute approximate surface area is 125 Å². The first-order chi connectivity index (χ1) is 9.74. The average Bonchev–Trinajstić information content (AvgIpc) is 2.48. The van der Waals surface area contributed by atoms with Gasteiger partial charge in [0.05, 0.1) is 6.61 Å². The number of ether oxygens (including phenoxy) is 1. The minimum absolute atomic E-state index is 0.179. The highest BCUT2D eigenvalue weighted by Crippen LogP contribution is 2.30. The van der Waals surface area contributed by atoms with Crippen molar-refractivity contribution in [3.8, 4) is 0 Å². The van der Waals surface area contributed by atoms with E-state index in [1.54, 1.807) is 0 Å². The summed E-state index contributed by atoms with van der Waals surface area (Å²) in [7, 11) is 0. The van der Waals surface area contributed by atoms with E-state index >= 15 is 0 Å². The Bertz CT molecular complexity index is 444. The van der Waals surface area contributed by atoms with Crippen LogP contribution in [0.4, 0.5) is 0 Å². The molecule has 0 aliphatic carbocycles. The van der Waals surface area contributed by atoms with Crippen LogP contribution in [0.1, 0.15) is 44.2 Å². The highest BCUT2D eigenvalue weighted by atomic mass is 35.5. The normalized spacial score (nSPS) is 17.7. The predicted octanol–water partition coefficient (Wildman–Crippen LogP) is 3.82. The zero-order valence-electron chi connectivity index (χ0n) is 12.0. The first-order valence-corrected chi connectivity index (χ1v) is 7.77. The summed E-state index contributed by atoms with van der Waals surface area (Å²) in [6.45, 7) is 4.32. The van der Waals surface area contributed by atoms with E-state index in [-0.39, 0.29) is 12.0 Å². The van der Waals surface area contributed by atoms with Crippen LogP contribution in [0, 0.1) is 0 Å². The summed E-state index contributed by atoms with van der Waals surface area (Å²) in [5.41, 5.74) is 0.858. The molecule has 0 unspecified atom stereocenters. The van der Waals surface area contributed by atoms with Gasteiger partial charge in [0.15, 0.2) is 0 Å². The molecule has 0 spiro atoms. The molecule has 0 bridgehead atoms. The number of likely N-dealkylation sites (tertiary alicyclic amines) is 1. The smallest absolute Gasteiger partial charge is 0.328 e. The van der Waals surface area contributed by atoms with Gasteiger partial charge >= 0.3 is 5.97 Å². The maximum atomic E-state index is 12.4. The molecule has 1 aliphatic rings. The molecule has 110 valence electrons. The quantitative estimate of drug-likeness (QED) is 0.774. The van der Waals surface area contributed by atoms with Crippen molar-refractivity contribution in [2.24, 2.45) is 0 Å². The molecule has 0 N–H and O–H groups in total. The van der Waals surface area contributed by atoms with Crippen LogP contribution in [-0.4, -0.2) is 30.6 Å². The highest BCUT2D eigenvalue weighted by Gasteiger charge is 2.31. The molecule has 1 heterocycles. The Kier molecular flexibility index (Phi) is 5.86. The van der Waals surface area contributed by atoms with Gasteiger partial charge in [0.2, 0.25) is 0 Å². The van der Waals surface area contributed by atoms with E-state index in [4.69, 9.17) is 16.3 Å². The van der Waals surface area contributed by atoms with Gasteiger partial charge < -0.3 is 4.74 Å². The van der Waals surface area contributed by atoms with Crippen molar-refractivity contribution in [2.75, 3.05) is 19.7 Å².